The molecule has 8 heteroatoms. The summed E-state index contributed by atoms with van der Waals surface area (Å²) in [6.07, 6.45) is -4.41. The first-order valence-corrected chi connectivity index (χ1v) is 3.85. The van der Waals surface area contributed by atoms with Gasteiger partial charge in [0.05, 0.1) is 12.5 Å². The van der Waals surface area contributed by atoms with Crippen LogP contribution in [0.3, 0.4) is 0 Å². The summed E-state index contributed by atoms with van der Waals surface area (Å²) in [6, 6.07) is 0. The molecule has 1 rings (SSSR count). The molecular formula is C7H9F3O5. The molecule has 0 bridgehead atoms. The third kappa shape index (κ3) is 5.89. The van der Waals surface area contributed by atoms with Crippen molar-refractivity contribution < 1.29 is 37.7 Å². The third-order valence-corrected chi connectivity index (χ3v) is 1.52. The fraction of sp³-hybridized carbons (Fsp3) is 0.714. The summed E-state index contributed by atoms with van der Waals surface area (Å²) < 4.78 is 36.6. The van der Waals surface area contributed by atoms with Crippen LogP contribution < -0.4 is 0 Å². The van der Waals surface area contributed by atoms with Crippen LogP contribution in [-0.2, 0) is 14.3 Å². The number of halogens is 3. The molecule has 0 aliphatic carbocycles. The molecule has 0 saturated carbocycles. The summed E-state index contributed by atoms with van der Waals surface area (Å²) in [6.45, 7) is 1.01. The summed E-state index contributed by atoms with van der Waals surface area (Å²) in [4.78, 5) is 19.0. The highest BCUT2D eigenvalue weighted by Gasteiger charge is 2.38. The summed E-state index contributed by atoms with van der Waals surface area (Å²) in [5.74, 6) is -3.73. The van der Waals surface area contributed by atoms with Gasteiger partial charge in [-0.25, -0.2) is 4.79 Å². The number of hydrogen-bond donors (Lipinski definition) is 2. The number of rotatable bonds is 1. The summed E-state index contributed by atoms with van der Waals surface area (Å²) in [5, 5.41) is 15.5. The minimum absolute atomic E-state index is 0.241. The van der Waals surface area contributed by atoms with Crippen molar-refractivity contribution in [2.75, 3.05) is 13.2 Å². The van der Waals surface area contributed by atoms with Crippen LogP contribution in [0.15, 0.2) is 0 Å². The molecule has 1 unspecified atom stereocenters. The molecule has 1 aliphatic rings. The molecule has 2 N–H and O–H groups in total. The molecule has 5 nitrogen and oxygen atoms in total. The Kier molecular flexibility index (Phi) is 5.06. The van der Waals surface area contributed by atoms with Gasteiger partial charge in [0.15, 0.2) is 0 Å². The van der Waals surface area contributed by atoms with Crippen molar-refractivity contribution in [1.82, 2.24) is 0 Å². The van der Waals surface area contributed by atoms with Crippen molar-refractivity contribution in [3.8, 4) is 0 Å². The predicted molar refractivity (Wildman–Crippen MR) is 40.3 cm³/mol. The van der Waals surface area contributed by atoms with Gasteiger partial charge in [0, 0.05) is 6.61 Å². The number of hydrogen-bond acceptors (Lipinski definition) is 3. The topological polar surface area (TPSA) is 83.8 Å². The van der Waals surface area contributed by atoms with Gasteiger partial charge >= 0.3 is 18.1 Å². The van der Waals surface area contributed by atoms with Crippen LogP contribution in [0.4, 0.5) is 13.2 Å². The Morgan fingerprint density at radius 3 is 1.87 bits per heavy atom. The Hall–Kier alpha value is -1.31. The van der Waals surface area contributed by atoms with Crippen LogP contribution in [0.2, 0.25) is 0 Å². The van der Waals surface area contributed by atoms with Gasteiger partial charge in [-0.05, 0) is 6.42 Å². The van der Waals surface area contributed by atoms with E-state index in [4.69, 9.17) is 19.7 Å². The average Bonchev–Trinajstić information content (AvgIpc) is 2.54. The maximum absolute atomic E-state index is 10.6. The highest BCUT2D eigenvalue weighted by Crippen LogP contribution is 2.13. The third-order valence-electron chi connectivity index (χ3n) is 1.52. The molecule has 1 heterocycles. The molecule has 0 spiro atoms. The summed E-state index contributed by atoms with van der Waals surface area (Å²) in [5.41, 5.74) is 0. The quantitative estimate of drug-likeness (QED) is 0.694. The Bertz CT molecular complexity index is 231. The number of carboxylic acid groups (broad SMARTS) is 2. The highest BCUT2D eigenvalue weighted by molar-refractivity contribution is 5.73. The molecule has 1 atom stereocenters. The second-order valence-electron chi connectivity index (χ2n) is 2.70. The van der Waals surface area contributed by atoms with E-state index in [0.29, 0.717) is 19.6 Å². The lowest BCUT2D eigenvalue weighted by molar-refractivity contribution is -0.192. The molecule has 1 fully saturated rings. The van der Waals surface area contributed by atoms with E-state index < -0.39 is 18.1 Å². The van der Waals surface area contributed by atoms with E-state index in [9.17, 15) is 18.0 Å². The molecule has 0 aromatic carbocycles. The highest BCUT2D eigenvalue weighted by atomic mass is 19.4. The van der Waals surface area contributed by atoms with Crippen molar-refractivity contribution >= 4 is 11.9 Å². The molecule has 0 amide bonds. The van der Waals surface area contributed by atoms with E-state index in [0.717, 1.165) is 0 Å². The van der Waals surface area contributed by atoms with Gasteiger partial charge < -0.3 is 14.9 Å². The zero-order valence-electron chi connectivity index (χ0n) is 7.45. The average molecular weight is 230 g/mol. The lowest BCUT2D eigenvalue weighted by Crippen LogP contribution is -2.21. The van der Waals surface area contributed by atoms with Gasteiger partial charge in [-0.15, -0.1) is 0 Å². The standard InChI is InChI=1S/C5H8O3.C2HF3O2/c6-5(7)4-1-2-8-3-4;3-2(4,5)1(6)7/h4H,1-3H2,(H,6,7);(H,6,7). The normalized spacial score (nSPS) is 20.3. The van der Waals surface area contributed by atoms with E-state index in [1.54, 1.807) is 0 Å². The fourth-order valence-corrected chi connectivity index (χ4v) is 0.729. The van der Waals surface area contributed by atoms with E-state index in [-0.39, 0.29) is 5.92 Å². The smallest absolute Gasteiger partial charge is 0.481 e. The van der Waals surface area contributed by atoms with Crippen LogP contribution in [0.5, 0.6) is 0 Å². The number of carboxylic acids is 2. The molecule has 88 valence electrons. The van der Waals surface area contributed by atoms with Crippen molar-refractivity contribution in [2.45, 2.75) is 12.6 Å². The molecule has 1 saturated heterocycles. The van der Waals surface area contributed by atoms with Gasteiger partial charge in [0.1, 0.15) is 0 Å². The first-order valence-electron chi connectivity index (χ1n) is 3.85. The molecule has 1 aliphatic heterocycles. The van der Waals surface area contributed by atoms with E-state index >= 15 is 0 Å². The zero-order chi connectivity index (χ0) is 12.1. The maximum atomic E-state index is 10.6. The van der Waals surface area contributed by atoms with Gasteiger partial charge in [-0.1, -0.05) is 0 Å². The summed E-state index contributed by atoms with van der Waals surface area (Å²) >= 11 is 0. The SMILES string of the molecule is O=C(O)C(F)(F)F.O=C(O)C1CCOC1. The minimum atomic E-state index is -5.08. The Balaban J connectivity index is 0.000000265. The minimum Gasteiger partial charge on any atom is -0.481 e. The second-order valence-corrected chi connectivity index (χ2v) is 2.70. The van der Waals surface area contributed by atoms with Gasteiger partial charge in [0.2, 0.25) is 0 Å². The molecule has 15 heavy (non-hydrogen) atoms. The number of ether oxygens (including phenoxy) is 1. The van der Waals surface area contributed by atoms with Crippen LogP contribution in [0.25, 0.3) is 0 Å². The fourth-order valence-electron chi connectivity index (χ4n) is 0.729. The van der Waals surface area contributed by atoms with Crippen molar-refractivity contribution in [3.05, 3.63) is 0 Å². The first-order chi connectivity index (χ1) is 6.75. The molecule has 0 aromatic heterocycles. The summed E-state index contributed by atoms with van der Waals surface area (Å²) in [7, 11) is 0. The Morgan fingerprint density at radius 1 is 1.27 bits per heavy atom. The van der Waals surface area contributed by atoms with Crippen molar-refractivity contribution in [2.24, 2.45) is 5.92 Å². The monoisotopic (exact) mass is 230 g/mol. The Labute approximate surface area is 82.5 Å². The van der Waals surface area contributed by atoms with Crippen molar-refractivity contribution in [1.29, 1.82) is 0 Å². The molecular weight excluding hydrogens is 221 g/mol. The van der Waals surface area contributed by atoms with E-state index in [2.05, 4.69) is 0 Å². The maximum Gasteiger partial charge on any atom is 0.490 e. The van der Waals surface area contributed by atoms with Crippen molar-refractivity contribution in [3.63, 3.8) is 0 Å². The van der Waals surface area contributed by atoms with Gasteiger partial charge in [0.25, 0.3) is 0 Å². The number of aliphatic carboxylic acids is 2. The van der Waals surface area contributed by atoms with Gasteiger partial charge in [-0.3, -0.25) is 4.79 Å². The van der Waals surface area contributed by atoms with E-state index in [1.165, 1.54) is 0 Å². The predicted octanol–water partition coefficient (Wildman–Crippen LogP) is 0.741. The van der Waals surface area contributed by atoms with Crippen LogP contribution >= 0.6 is 0 Å². The second kappa shape index (κ2) is 5.54. The number of alkyl halides is 3. The lowest BCUT2D eigenvalue weighted by Gasteiger charge is -1.95. The Morgan fingerprint density at radius 2 is 1.73 bits per heavy atom. The lowest BCUT2D eigenvalue weighted by atomic mass is 10.1. The molecule has 0 radical (unpaired) electrons. The first kappa shape index (κ1) is 13.7. The zero-order valence-corrected chi connectivity index (χ0v) is 7.45. The van der Waals surface area contributed by atoms with Crippen LogP contribution in [-0.4, -0.2) is 41.5 Å². The van der Waals surface area contributed by atoms with E-state index in [1.807, 2.05) is 0 Å². The van der Waals surface area contributed by atoms with Crippen LogP contribution in [0.1, 0.15) is 6.42 Å². The molecule has 0 aromatic rings. The largest absolute Gasteiger partial charge is 0.490 e. The van der Waals surface area contributed by atoms with Crippen LogP contribution in [0, 0.1) is 5.92 Å². The number of carbonyl (C=O) groups is 2. The van der Waals surface area contributed by atoms with Gasteiger partial charge in [-0.2, -0.15) is 13.2 Å².